The maximum Gasteiger partial charge on any atom is 0.243 e. The van der Waals surface area contributed by atoms with E-state index in [1.54, 1.807) is 0 Å². The summed E-state index contributed by atoms with van der Waals surface area (Å²) < 4.78 is 50.8. The molecule has 3 aromatic carbocycles. The predicted molar refractivity (Wildman–Crippen MR) is 141 cm³/mol. The van der Waals surface area contributed by atoms with Crippen molar-refractivity contribution in [2.24, 2.45) is 5.92 Å². The molecule has 192 valence electrons. The molecule has 5 rings (SSSR count). The first-order valence-corrected chi connectivity index (χ1v) is 15.1. The van der Waals surface area contributed by atoms with Crippen LogP contribution < -0.4 is 5.32 Å². The summed E-state index contributed by atoms with van der Waals surface area (Å²) in [5, 5.41) is 3.00. The summed E-state index contributed by atoms with van der Waals surface area (Å²) >= 11 is 0. The SMILES string of the molecule is CS(=O)(=O)c1ccc(S(=O)(=O)N2CCC(C(=O)Nc3ccccc3-c3nc4ccccc4[nH]3)CC2)cc1. The summed E-state index contributed by atoms with van der Waals surface area (Å²) in [7, 11) is -7.21. The number of H-pyrrole nitrogens is 1. The highest BCUT2D eigenvalue weighted by Gasteiger charge is 2.32. The Kier molecular flexibility index (Phi) is 6.61. The third-order valence-corrected chi connectivity index (χ3v) is 9.59. The molecule has 1 fully saturated rings. The number of fused-ring (bicyclic) bond motifs is 1. The first-order valence-electron chi connectivity index (χ1n) is 11.8. The van der Waals surface area contributed by atoms with Gasteiger partial charge in [0.2, 0.25) is 15.9 Å². The van der Waals surface area contributed by atoms with Crippen molar-refractivity contribution in [3.63, 3.8) is 0 Å². The maximum atomic E-state index is 13.1. The zero-order valence-corrected chi connectivity index (χ0v) is 21.7. The summed E-state index contributed by atoms with van der Waals surface area (Å²) in [6.45, 7) is 0.388. The number of nitrogens with one attached hydrogen (secondary N) is 2. The van der Waals surface area contributed by atoms with Crippen LogP contribution in [0.4, 0.5) is 5.69 Å². The smallest absolute Gasteiger partial charge is 0.243 e. The average Bonchev–Trinajstić information content (AvgIpc) is 3.33. The monoisotopic (exact) mass is 538 g/mol. The zero-order valence-electron chi connectivity index (χ0n) is 20.1. The van der Waals surface area contributed by atoms with Gasteiger partial charge in [0.15, 0.2) is 9.84 Å². The van der Waals surface area contributed by atoms with Crippen molar-refractivity contribution in [2.45, 2.75) is 22.6 Å². The van der Waals surface area contributed by atoms with E-state index in [2.05, 4.69) is 15.3 Å². The second kappa shape index (κ2) is 9.73. The number of amides is 1. The minimum absolute atomic E-state index is 0.0302. The van der Waals surface area contributed by atoms with E-state index >= 15 is 0 Å². The number of sulfonamides is 1. The lowest BCUT2D eigenvalue weighted by Gasteiger charge is -2.30. The van der Waals surface area contributed by atoms with E-state index in [4.69, 9.17) is 0 Å². The van der Waals surface area contributed by atoms with Crippen molar-refractivity contribution in [3.05, 3.63) is 72.8 Å². The number of aromatic amines is 1. The highest BCUT2D eigenvalue weighted by Crippen LogP contribution is 2.30. The van der Waals surface area contributed by atoms with Crippen LogP contribution in [0.2, 0.25) is 0 Å². The van der Waals surface area contributed by atoms with Crippen LogP contribution in [-0.2, 0) is 24.7 Å². The number of hydrogen-bond acceptors (Lipinski definition) is 6. The molecule has 2 N–H and O–H groups in total. The van der Waals surface area contributed by atoms with E-state index < -0.39 is 19.9 Å². The molecule has 37 heavy (non-hydrogen) atoms. The van der Waals surface area contributed by atoms with Gasteiger partial charge in [0.25, 0.3) is 0 Å². The number of carbonyl (C=O) groups excluding carboxylic acids is 1. The fourth-order valence-electron chi connectivity index (χ4n) is 4.48. The Bertz CT molecular complexity index is 1640. The summed E-state index contributed by atoms with van der Waals surface area (Å²) in [4.78, 5) is 21.1. The molecule has 2 heterocycles. The zero-order chi connectivity index (χ0) is 26.2. The van der Waals surface area contributed by atoms with E-state index in [1.807, 2.05) is 48.5 Å². The van der Waals surface area contributed by atoms with Crippen molar-refractivity contribution in [3.8, 4) is 11.4 Å². The molecule has 0 unspecified atom stereocenters. The number of nitrogens with zero attached hydrogens (tertiary/aromatic N) is 2. The molecular weight excluding hydrogens is 512 g/mol. The van der Waals surface area contributed by atoms with Gasteiger partial charge in [-0.2, -0.15) is 4.31 Å². The third kappa shape index (κ3) is 5.15. The second-order valence-corrected chi connectivity index (χ2v) is 13.0. The fraction of sp³-hybridized carbons (Fsp3) is 0.231. The van der Waals surface area contributed by atoms with Crippen LogP contribution in [-0.4, -0.2) is 56.4 Å². The van der Waals surface area contributed by atoms with Gasteiger partial charge in [-0.05, 0) is 61.4 Å². The largest absolute Gasteiger partial charge is 0.338 e. The summed E-state index contributed by atoms with van der Waals surface area (Å²) in [6, 6.07) is 20.3. The Hall–Kier alpha value is -3.54. The van der Waals surface area contributed by atoms with Gasteiger partial charge in [0, 0.05) is 30.8 Å². The Morgan fingerprint density at radius 3 is 2.19 bits per heavy atom. The van der Waals surface area contributed by atoms with Gasteiger partial charge < -0.3 is 10.3 Å². The van der Waals surface area contributed by atoms with Gasteiger partial charge in [-0.15, -0.1) is 0 Å². The van der Waals surface area contributed by atoms with Crippen LogP contribution >= 0.6 is 0 Å². The number of benzene rings is 3. The number of anilines is 1. The van der Waals surface area contributed by atoms with E-state index in [0.29, 0.717) is 24.4 Å². The first-order chi connectivity index (χ1) is 17.6. The minimum atomic E-state index is -3.79. The highest BCUT2D eigenvalue weighted by atomic mass is 32.2. The van der Waals surface area contributed by atoms with Crippen LogP contribution in [0.15, 0.2) is 82.6 Å². The van der Waals surface area contributed by atoms with Crippen molar-refractivity contribution in [1.82, 2.24) is 14.3 Å². The highest BCUT2D eigenvalue weighted by molar-refractivity contribution is 7.90. The lowest BCUT2D eigenvalue weighted by Crippen LogP contribution is -2.41. The molecule has 4 aromatic rings. The van der Waals surface area contributed by atoms with Gasteiger partial charge in [-0.3, -0.25) is 4.79 Å². The van der Waals surface area contributed by atoms with Crippen molar-refractivity contribution in [1.29, 1.82) is 0 Å². The van der Waals surface area contributed by atoms with Crippen molar-refractivity contribution < 1.29 is 21.6 Å². The Morgan fingerprint density at radius 1 is 0.892 bits per heavy atom. The van der Waals surface area contributed by atoms with E-state index in [9.17, 15) is 21.6 Å². The number of hydrogen-bond donors (Lipinski definition) is 2. The molecule has 1 amide bonds. The van der Waals surface area contributed by atoms with Gasteiger partial charge in [-0.25, -0.2) is 21.8 Å². The number of rotatable bonds is 6. The average molecular weight is 539 g/mol. The Labute approximate surface area is 215 Å². The molecule has 0 bridgehead atoms. The number of piperidine rings is 1. The molecule has 0 aliphatic carbocycles. The third-order valence-electron chi connectivity index (χ3n) is 6.54. The number of imidazole rings is 1. The van der Waals surface area contributed by atoms with E-state index in [0.717, 1.165) is 22.9 Å². The van der Waals surface area contributed by atoms with Crippen LogP contribution in [0.25, 0.3) is 22.4 Å². The fourth-order valence-corrected chi connectivity index (χ4v) is 6.58. The molecule has 0 spiro atoms. The quantitative estimate of drug-likeness (QED) is 0.385. The second-order valence-electron chi connectivity index (χ2n) is 9.06. The number of para-hydroxylation sites is 3. The van der Waals surface area contributed by atoms with Gasteiger partial charge in [0.05, 0.1) is 26.5 Å². The summed E-state index contributed by atoms with van der Waals surface area (Å²) in [6.07, 6.45) is 1.82. The molecule has 0 saturated carbocycles. The molecule has 11 heteroatoms. The summed E-state index contributed by atoms with van der Waals surface area (Å²) in [5.74, 6) is 0.140. The molecule has 0 atom stereocenters. The van der Waals surface area contributed by atoms with Crippen LogP contribution in [0.5, 0.6) is 0 Å². The van der Waals surface area contributed by atoms with Crippen LogP contribution in [0, 0.1) is 5.92 Å². The first kappa shape index (κ1) is 25.1. The standard InChI is InChI=1S/C26H26N4O5S2/c1-36(32,33)19-10-12-20(13-11-19)37(34,35)30-16-14-18(15-17-30)26(31)29-22-7-3-2-6-21(22)25-27-23-8-4-5-9-24(23)28-25/h2-13,18H,14-17H2,1H3,(H,27,28)(H,29,31). The molecule has 1 aromatic heterocycles. The maximum absolute atomic E-state index is 13.1. The topological polar surface area (TPSA) is 129 Å². The minimum Gasteiger partial charge on any atom is -0.338 e. The lowest BCUT2D eigenvalue weighted by atomic mass is 9.97. The lowest BCUT2D eigenvalue weighted by molar-refractivity contribution is -0.120. The van der Waals surface area contributed by atoms with E-state index in [-0.39, 0.29) is 34.7 Å². The predicted octanol–water partition coefficient (Wildman–Crippen LogP) is 3.67. The van der Waals surface area contributed by atoms with Crippen molar-refractivity contribution >= 4 is 42.5 Å². The molecule has 1 aliphatic rings. The Morgan fingerprint density at radius 2 is 1.51 bits per heavy atom. The molecular formula is C26H26N4O5S2. The van der Waals surface area contributed by atoms with Crippen LogP contribution in [0.3, 0.4) is 0 Å². The molecule has 0 radical (unpaired) electrons. The Balaban J connectivity index is 1.26. The van der Waals surface area contributed by atoms with Gasteiger partial charge in [0.1, 0.15) is 5.82 Å². The van der Waals surface area contributed by atoms with E-state index in [1.165, 1.54) is 28.6 Å². The van der Waals surface area contributed by atoms with Crippen molar-refractivity contribution in [2.75, 3.05) is 24.7 Å². The van der Waals surface area contributed by atoms with Gasteiger partial charge >= 0.3 is 0 Å². The normalized spacial score (nSPS) is 15.6. The molecule has 1 aliphatic heterocycles. The van der Waals surface area contributed by atoms with Gasteiger partial charge in [-0.1, -0.05) is 24.3 Å². The number of sulfone groups is 1. The number of carbonyl (C=O) groups is 1. The molecule has 1 saturated heterocycles. The van der Waals surface area contributed by atoms with Crippen LogP contribution in [0.1, 0.15) is 12.8 Å². The number of aromatic nitrogens is 2. The summed E-state index contributed by atoms with van der Waals surface area (Å²) in [5.41, 5.74) is 3.13. The molecule has 9 nitrogen and oxygen atoms in total.